The van der Waals surface area contributed by atoms with Gasteiger partial charge in [0, 0.05) is 66.5 Å². The second kappa shape index (κ2) is 9.32. The van der Waals surface area contributed by atoms with E-state index in [9.17, 15) is 4.79 Å². The number of ether oxygens (including phenoxy) is 1. The zero-order valence-corrected chi connectivity index (χ0v) is 20.5. The summed E-state index contributed by atoms with van der Waals surface area (Å²) in [6.07, 6.45) is 1.20. The van der Waals surface area contributed by atoms with Gasteiger partial charge in [-0.25, -0.2) is 0 Å². The Morgan fingerprint density at radius 3 is 3.03 bits per heavy atom. The van der Waals surface area contributed by atoms with E-state index in [1.807, 2.05) is 18.2 Å². The van der Waals surface area contributed by atoms with Crippen molar-refractivity contribution < 1.29 is 14.1 Å². The van der Waals surface area contributed by atoms with E-state index in [4.69, 9.17) is 20.9 Å². The van der Waals surface area contributed by atoms with E-state index in [1.165, 1.54) is 18.3 Å². The van der Waals surface area contributed by atoms with E-state index >= 15 is 0 Å². The highest BCUT2D eigenvalue weighted by Crippen LogP contribution is 2.44. The summed E-state index contributed by atoms with van der Waals surface area (Å²) < 4.78 is 12.2. The van der Waals surface area contributed by atoms with Gasteiger partial charge in [0.05, 0.1) is 28.5 Å². The lowest BCUT2D eigenvalue weighted by molar-refractivity contribution is -0.119. The largest absolute Gasteiger partial charge is 0.481 e. The molecule has 10 heteroatoms. The summed E-state index contributed by atoms with van der Waals surface area (Å²) >= 11 is 8.04. The summed E-state index contributed by atoms with van der Waals surface area (Å²) in [5.41, 5.74) is 5.27. The number of thiophene rings is 1. The molecular weight excluding hydrogens is 474 g/mol. The summed E-state index contributed by atoms with van der Waals surface area (Å²) in [7, 11) is 1.73. The molecule has 176 valence electrons. The number of aromatic nitrogens is 1. The first-order valence-electron chi connectivity index (χ1n) is 11.0. The third kappa shape index (κ3) is 4.15. The summed E-state index contributed by atoms with van der Waals surface area (Å²) in [6, 6.07) is 5.71. The molecule has 2 aliphatic rings. The zero-order valence-electron chi connectivity index (χ0n) is 18.9. The Morgan fingerprint density at radius 2 is 2.26 bits per heavy atom. The van der Waals surface area contributed by atoms with E-state index in [1.54, 1.807) is 7.05 Å². The van der Waals surface area contributed by atoms with Gasteiger partial charge in [0.2, 0.25) is 5.91 Å². The molecule has 0 saturated carbocycles. The molecule has 0 aliphatic carbocycles. The fourth-order valence-electron chi connectivity index (χ4n) is 4.42. The number of carbonyl (C=O) groups is 1. The Bertz CT molecular complexity index is 1310. The molecule has 2 aliphatic heterocycles. The predicted molar refractivity (Wildman–Crippen MR) is 133 cm³/mol. The maximum Gasteiger partial charge on any atom is 0.217 e. The molecule has 0 fully saturated rings. The molecule has 0 radical (unpaired) electrons. The maximum atomic E-state index is 11.4. The fourth-order valence-corrected chi connectivity index (χ4v) is 5.77. The van der Waals surface area contributed by atoms with Gasteiger partial charge in [0.1, 0.15) is 5.75 Å². The van der Waals surface area contributed by atoms with Crippen LogP contribution in [0.4, 0.5) is 5.69 Å². The van der Waals surface area contributed by atoms with Crippen LogP contribution in [0.5, 0.6) is 5.75 Å². The van der Waals surface area contributed by atoms with Gasteiger partial charge >= 0.3 is 0 Å². The lowest BCUT2D eigenvalue weighted by Crippen LogP contribution is -2.24. The number of carbonyl (C=O) groups excluding carboxylic acids is 1. The predicted octanol–water partition coefficient (Wildman–Crippen LogP) is 4.15. The lowest BCUT2D eigenvalue weighted by atomic mass is 9.99. The number of rotatable bonds is 6. The number of aliphatic imine (C=N–C) groups is 2. The van der Waals surface area contributed by atoms with Gasteiger partial charge in [-0.3, -0.25) is 14.8 Å². The topological polar surface area (TPSA) is 101 Å². The Morgan fingerprint density at radius 1 is 1.41 bits per heavy atom. The van der Waals surface area contributed by atoms with Crippen LogP contribution in [0.25, 0.3) is 0 Å². The summed E-state index contributed by atoms with van der Waals surface area (Å²) in [6.45, 7) is 7.24. The number of fused-ring (bicyclic) bond motifs is 2. The van der Waals surface area contributed by atoms with E-state index in [2.05, 4.69) is 32.5 Å². The summed E-state index contributed by atoms with van der Waals surface area (Å²) in [5.74, 6) is 1.40. The van der Waals surface area contributed by atoms with Crippen LogP contribution in [0.3, 0.4) is 0 Å². The van der Waals surface area contributed by atoms with Gasteiger partial charge in [0.25, 0.3) is 0 Å². The second-order valence-corrected chi connectivity index (χ2v) is 9.79. The van der Waals surface area contributed by atoms with Crippen molar-refractivity contribution in [2.75, 3.05) is 13.6 Å². The molecule has 34 heavy (non-hydrogen) atoms. The van der Waals surface area contributed by atoms with Crippen molar-refractivity contribution in [2.45, 2.75) is 39.0 Å². The first kappa shape index (κ1) is 22.8. The second-order valence-electron chi connectivity index (χ2n) is 8.22. The highest BCUT2D eigenvalue weighted by molar-refractivity contribution is 7.15. The quantitative estimate of drug-likeness (QED) is 0.498. The SMILES string of the molecule is C=Nc1cc(CNC(C)=O)sc1/C(=N\C)c1cc(Cl)cc2c1OC(c1onc3c1CNCC3)C2. The van der Waals surface area contributed by atoms with Crippen molar-refractivity contribution in [2.24, 2.45) is 9.98 Å². The number of benzene rings is 1. The Hall–Kier alpha value is -3.01. The van der Waals surface area contributed by atoms with Gasteiger partial charge < -0.3 is 19.9 Å². The first-order valence-corrected chi connectivity index (χ1v) is 12.2. The number of hydrogen-bond acceptors (Lipinski definition) is 8. The third-order valence-electron chi connectivity index (χ3n) is 5.97. The lowest BCUT2D eigenvalue weighted by Gasteiger charge is -2.15. The minimum absolute atomic E-state index is 0.0932. The monoisotopic (exact) mass is 497 g/mol. The van der Waals surface area contributed by atoms with E-state index in [0.717, 1.165) is 63.2 Å². The van der Waals surface area contributed by atoms with Crippen LogP contribution < -0.4 is 15.4 Å². The third-order valence-corrected chi connectivity index (χ3v) is 7.32. The normalized spacial score (nSPS) is 17.1. The molecule has 1 unspecified atom stereocenters. The number of nitrogens with zero attached hydrogens (tertiary/aromatic N) is 3. The van der Waals surface area contributed by atoms with Crippen molar-refractivity contribution in [3.63, 3.8) is 0 Å². The first-order chi connectivity index (χ1) is 16.5. The molecule has 0 bridgehead atoms. The number of halogens is 1. The van der Waals surface area contributed by atoms with Gasteiger partial charge in [0.15, 0.2) is 11.9 Å². The van der Waals surface area contributed by atoms with Crippen LogP contribution in [-0.4, -0.2) is 37.1 Å². The van der Waals surface area contributed by atoms with Crippen molar-refractivity contribution in [3.8, 4) is 5.75 Å². The Balaban J connectivity index is 1.51. The van der Waals surface area contributed by atoms with Gasteiger partial charge in [-0.2, -0.15) is 0 Å². The van der Waals surface area contributed by atoms with Crippen molar-refractivity contribution in [3.05, 3.63) is 61.1 Å². The minimum atomic E-state index is -0.280. The van der Waals surface area contributed by atoms with E-state index in [0.29, 0.717) is 29.4 Å². The number of amides is 1. The molecule has 1 aromatic carbocycles. The maximum absolute atomic E-state index is 11.4. The Labute approximate surface area is 206 Å². The van der Waals surface area contributed by atoms with Gasteiger partial charge in [-0.1, -0.05) is 16.8 Å². The van der Waals surface area contributed by atoms with Gasteiger partial charge in [-0.15, -0.1) is 11.3 Å². The molecule has 3 aromatic rings. The molecule has 1 amide bonds. The molecule has 2 N–H and O–H groups in total. The molecule has 0 spiro atoms. The zero-order chi connectivity index (χ0) is 23.8. The average molecular weight is 498 g/mol. The molecule has 0 saturated heterocycles. The molecule has 1 atom stereocenters. The van der Waals surface area contributed by atoms with E-state index < -0.39 is 0 Å². The van der Waals surface area contributed by atoms with Crippen LogP contribution in [0.1, 0.15) is 50.9 Å². The number of nitrogens with one attached hydrogen (secondary N) is 2. The summed E-state index contributed by atoms with van der Waals surface area (Å²) in [4.78, 5) is 21.9. The van der Waals surface area contributed by atoms with Gasteiger partial charge in [-0.05, 0) is 24.9 Å². The molecule has 8 nitrogen and oxygen atoms in total. The van der Waals surface area contributed by atoms with Crippen LogP contribution in [0.2, 0.25) is 5.02 Å². The van der Waals surface area contributed by atoms with Crippen LogP contribution >= 0.6 is 22.9 Å². The highest BCUT2D eigenvalue weighted by Gasteiger charge is 2.35. The molecule has 2 aromatic heterocycles. The van der Waals surface area contributed by atoms with Crippen LogP contribution in [-0.2, 0) is 30.7 Å². The standard InChI is InChI=1S/C24H24ClN5O3S/c1-12(31)29-10-15-9-19(26-2)24(34-15)21(27-3)16-8-14(25)6-13-7-20(32-22(13)16)23-17-11-28-5-4-18(17)30-33-23/h6,8-9,20,28H,2,4-5,7,10-11H2,1,3H3,(H,29,31)/b27-21-. The minimum Gasteiger partial charge on any atom is -0.481 e. The van der Waals surface area contributed by atoms with Crippen LogP contribution in [0, 0.1) is 0 Å². The molecule has 5 rings (SSSR count). The smallest absolute Gasteiger partial charge is 0.217 e. The van der Waals surface area contributed by atoms with E-state index in [-0.39, 0.29) is 12.0 Å². The average Bonchev–Trinajstić information content (AvgIpc) is 3.54. The summed E-state index contributed by atoms with van der Waals surface area (Å²) in [5, 5.41) is 11.1. The van der Waals surface area contributed by atoms with Crippen molar-refractivity contribution in [1.82, 2.24) is 15.8 Å². The molecular formula is C24H24ClN5O3S. The molecule has 4 heterocycles. The number of hydrogen-bond donors (Lipinski definition) is 2. The highest BCUT2D eigenvalue weighted by atomic mass is 35.5. The van der Waals surface area contributed by atoms with Crippen molar-refractivity contribution in [1.29, 1.82) is 0 Å². The fraction of sp³-hybridized carbons (Fsp3) is 0.333. The van der Waals surface area contributed by atoms with Crippen molar-refractivity contribution >= 4 is 47.0 Å². The van der Waals surface area contributed by atoms with Crippen LogP contribution in [0.15, 0.2) is 32.7 Å². The Kier molecular flexibility index (Phi) is 6.24.